The summed E-state index contributed by atoms with van der Waals surface area (Å²) in [4.78, 5) is 2.35. The highest BCUT2D eigenvalue weighted by molar-refractivity contribution is 6.13. The number of fused-ring (bicyclic) bond motifs is 2. The van der Waals surface area contributed by atoms with Gasteiger partial charge in [-0.15, -0.1) is 0 Å². The third-order valence-electron chi connectivity index (χ3n) is 4.64. The van der Waals surface area contributed by atoms with Crippen molar-refractivity contribution >= 4 is 27.8 Å². The number of hydrogen-bond donors (Lipinski definition) is 0. The second kappa shape index (κ2) is 6.01. The molecule has 4 rings (SSSR count). The van der Waals surface area contributed by atoms with Crippen LogP contribution in [0.2, 0.25) is 0 Å². The normalized spacial score (nSPS) is 16.7. The van der Waals surface area contributed by atoms with E-state index in [1.807, 2.05) is 0 Å². The zero-order valence-electron chi connectivity index (χ0n) is 13.4. The van der Waals surface area contributed by atoms with Crippen molar-refractivity contribution in [2.24, 2.45) is 5.10 Å². The molecule has 0 atom stereocenters. The lowest BCUT2D eigenvalue weighted by atomic mass is 9.97. The van der Waals surface area contributed by atoms with Gasteiger partial charge in [-0.2, -0.15) is 5.10 Å². The van der Waals surface area contributed by atoms with E-state index in [9.17, 15) is 0 Å². The van der Waals surface area contributed by atoms with Crippen molar-refractivity contribution in [3.05, 3.63) is 60.2 Å². The number of hydrogen-bond acceptors (Lipinski definition) is 3. The van der Waals surface area contributed by atoms with Crippen LogP contribution in [0.4, 0.5) is 0 Å². The van der Waals surface area contributed by atoms with Gasteiger partial charge in [0.25, 0.3) is 0 Å². The summed E-state index contributed by atoms with van der Waals surface area (Å²) in [6.07, 6.45) is 2.05. The zero-order valence-corrected chi connectivity index (χ0v) is 13.4. The van der Waals surface area contributed by atoms with E-state index >= 15 is 0 Å². The van der Waals surface area contributed by atoms with E-state index in [0.717, 1.165) is 26.2 Å². The maximum atomic E-state index is 4.77. The van der Waals surface area contributed by atoms with Gasteiger partial charge in [-0.3, -0.25) is 5.01 Å². The first kappa shape index (κ1) is 14.2. The molecule has 3 nitrogen and oxygen atoms in total. The summed E-state index contributed by atoms with van der Waals surface area (Å²) in [7, 11) is 2.17. The molecule has 3 aromatic carbocycles. The number of nitrogens with zero attached hydrogens (tertiary/aromatic N) is 3. The van der Waals surface area contributed by atoms with Gasteiger partial charge in [-0.1, -0.05) is 48.5 Å². The number of likely N-dealkylation sites (N-methyl/N-ethyl adjacent to an activating group) is 1. The maximum absolute atomic E-state index is 4.77. The molecule has 0 unspecified atom stereocenters. The Labute approximate surface area is 136 Å². The Morgan fingerprint density at radius 2 is 1.39 bits per heavy atom. The van der Waals surface area contributed by atoms with E-state index in [-0.39, 0.29) is 0 Å². The summed E-state index contributed by atoms with van der Waals surface area (Å²) in [6, 6.07) is 19.4. The first-order valence-corrected chi connectivity index (χ1v) is 8.19. The van der Waals surface area contributed by atoms with Crippen LogP contribution in [0.3, 0.4) is 0 Å². The molecule has 1 fully saturated rings. The van der Waals surface area contributed by atoms with Crippen molar-refractivity contribution in [1.29, 1.82) is 0 Å². The van der Waals surface area contributed by atoms with E-state index in [0.29, 0.717) is 0 Å². The highest BCUT2D eigenvalue weighted by Crippen LogP contribution is 2.27. The van der Waals surface area contributed by atoms with Crippen LogP contribution in [0.25, 0.3) is 21.5 Å². The van der Waals surface area contributed by atoms with Gasteiger partial charge in [0.2, 0.25) is 0 Å². The van der Waals surface area contributed by atoms with Gasteiger partial charge in [-0.05, 0) is 34.7 Å². The van der Waals surface area contributed by atoms with Crippen molar-refractivity contribution in [2.45, 2.75) is 0 Å². The van der Waals surface area contributed by atoms with Crippen LogP contribution in [0.1, 0.15) is 5.56 Å². The van der Waals surface area contributed by atoms with Crippen LogP contribution in [-0.2, 0) is 0 Å². The number of benzene rings is 3. The van der Waals surface area contributed by atoms with Crippen LogP contribution < -0.4 is 0 Å². The van der Waals surface area contributed by atoms with Crippen LogP contribution in [0.5, 0.6) is 0 Å². The average molecular weight is 303 g/mol. The minimum atomic E-state index is 0.996. The second-order valence-corrected chi connectivity index (χ2v) is 6.23. The molecule has 1 heterocycles. The smallest absolute Gasteiger partial charge is 0.0555 e. The number of rotatable bonds is 2. The van der Waals surface area contributed by atoms with Crippen molar-refractivity contribution in [2.75, 3.05) is 33.2 Å². The van der Waals surface area contributed by atoms with E-state index in [2.05, 4.69) is 77.8 Å². The molecular weight excluding hydrogens is 282 g/mol. The molecule has 1 saturated heterocycles. The molecule has 1 aliphatic heterocycles. The summed E-state index contributed by atoms with van der Waals surface area (Å²) < 4.78 is 0. The molecule has 0 aromatic heterocycles. The lowest BCUT2D eigenvalue weighted by Gasteiger charge is -2.30. The van der Waals surface area contributed by atoms with Crippen molar-refractivity contribution in [3.8, 4) is 0 Å². The molecule has 0 bridgehead atoms. The zero-order chi connectivity index (χ0) is 15.6. The van der Waals surface area contributed by atoms with Gasteiger partial charge < -0.3 is 4.90 Å². The lowest BCUT2D eigenvalue weighted by molar-refractivity contribution is 0.159. The fourth-order valence-corrected chi connectivity index (χ4v) is 3.24. The second-order valence-electron chi connectivity index (χ2n) is 6.23. The highest BCUT2D eigenvalue weighted by Gasteiger charge is 2.11. The molecule has 3 aromatic rings. The Bertz CT molecular complexity index is 807. The molecule has 116 valence electrons. The lowest BCUT2D eigenvalue weighted by Crippen LogP contribution is -2.41. The van der Waals surface area contributed by atoms with Gasteiger partial charge in [0, 0.05) is 31.7 Å². The van der Waals surface area contributed by atoms with Crippen LogP contribution in [-0.4, -0.2) is 49.4 Å². The Morgan fingerprint density at radius 1 is 0.826 bits per heavy atom. The van der Waals surface area contributed by atoms with Crippen LogP contribution in [0.15, 0.2) is 59.7 Å². The van der Waals surface area contributed by atoms with E-state index in [1.165, 1.54) is 27.1 Å². The van der Waals surface area contributed by atoms with Crippen molar-refractivity contribution < 1.29 is 0 Å². The largest absolute Gasteiger partial charge is 0.303 e. The van der Waals surface area contributed by atoms with E-state index in [4.69, 9.17) is 5.10 Å². The standard InChI is InChI=1S/C20H21N3/c1-22-10-12-23(13-11-22)21-15-20-18-8-4-2-6-16(18)14-17-7-3-5-9-19(17)20/h2-9,14-15H,10-13H2,1H3/b21-15-. The highest BCUT2D eigenvalue weighted by atomic mass is 15.5. The predicted octanol–water partition coefficient (Wildman–Crippen LogP) is 3.57. The molecule has 0 aliphatic carbocycles. The Hall–Kier alpha value is -2.39. The minimum absolute atomic E-state index is 0.996. The molecule has 0 radical (unpaired) electrons. The first-order chi connectivity index (χ1) is 11.3. The molecule has 0 amide bonds. The van der Waals surface area contributed by atoms with Crippen molar-refractivity contribution in [1.82, 2.24) is 9.91 Å². The molecule has 0 N–H and O–H groups in total. The van der Waals surface area contributed by atoms with Crippen LogP contribution in [0, 0.1) is 0 Å². The summed E-state index contributed by atoms with van der Waals surface area (Å²) in [6.45, 7) is 4.15. The van der Waals surface area contributed by atoms with Crippen LogP contribution >= 0.6 is 0 Å². The SMILES string of the molecule is CN1CCN(/N=C\c2c3ccccc3cc3ccccc23)CC1. The number of hydrazone groups is 1. The van der Waals surface area contributed by atoms with E-state index in [1.54, 1.807) is 0 Å². The minimum Gasteiger partial charge on any atom is -0.303 e. The number of piperazine rings is 1. The van der Waals surface area contributed by atoms with Gasteiger partial charge >= 0.3 is 0 Å². The van der Waals surface area contributed by atoms with Gasteiger partial charge in [0.05, 0.1) is 6.21 Å². The molecule has 1 aliphatic rings. The first-order valence-electron chi connectivity index (χ1n) is 8.19. The fourth-order valence-electron chi connectivity index (χ4n) is 3.24. The molecule has 0 spiro atoms. The summed E-state index contributed by atoms with van der Waals surface area (Å²) in [5.41, 5.74) is 1.22. The average Bonchev–Trinajstić information content (AvgIpc) is 2.60. The topological polar surface area (TPSA) is 18.8 Å². The quantitative estimate of drug-likeness (QED) is 0.532. The van der Waals surface area contributed by atoms with Gasteiger partial charge in [0.15, 0.2) is 0 Å². The van der Waals surface area contributed by atoms with Gasteiger partial charge in [-0.25, -0.2) is 0 Å². The molecule has 0 saturated carbocycles. The summed E-state index contributed by atoms with van der Waals surface area (Å²) in [5, 5.41) is 12.0. The van der Waals surface area contributed by atoms with Crippen molar-refractivity contribution in [3.63, 3.8) is 0 Å². The summed E-state index contributed by atoms with van der Waals surface area (Å²) in [5.74, 6) is 0. The maximum Gasteiger partial charge on any atom is 0.0555 e. The van der Waals surface area contributed by atoms with E-state index < -0.39 is 0 Å². The van der Waals surface area contributed by atoms with Gasteiger partial charge in [0.1, 0.15) is 0 Å². The Morgan fingerprint density at radius 3 is 2.00 bits per heavy atom. The Kier molecular flexibility index (Phi) is 3.72. The molecule has 23 heavy (non-hydrogen) atoms. The monoisotopic (exact) mass is 303 g/mol. The summed E-state index contributed by atoms with van der Waals surface area (Å²) >= 11 is 0. The predicted molar refractivity (Wildman–Crippen MR) is 98.1 cm³/mol. The third-order valence-corrected chi connectivity index (χ3v) is 4.64. The molecular formula is C20H21N3. The molecule has 3 heteroatoms. The fraction of sp³-hybridized carbons (Fsp3) is 0.250. The third kappa shape index (κ3) is 2.80. The Balaban J connectivity index is 1.80.